The molecule has 12 heavy (non-hydrogen) atoms. The topological polar surface area (TPSA) is 66.4 Å². The van der Waals surface area contributed by atoms with Crippen molar-refractivity contribution in [2.24, 2.45) is 5.41 Å². The molecule has 0 aromatic carbocycles. The van der Waals surface area contributed by atoms with Gasteiger partial charge in [-0.2, -0.15) is 0 Å². The van der Waals surface area contributed by atoms with E-state index in [0.29, 0.717) is 13.0 Å². The summed E-state index contributed by atoms with van der Waals surface area (Å²) in [7, 11) is 0. The zero-order valence-corrected chi connectivity index (χ0v) is 6.67. The van der Waals surface area contributed by atoms with Gasteiger partial charge in [0, 0.05) is 6.54 Å². The molecule has 4 nitrogen and oxygen atoms in total. The van der Waals surface area contributed by atoms with Crippen LogP contribution in [0.4, 0.5) is 0 Å². The Labute approximate surface area is 70.3 Å². The third kappa shape index (κ3) is 1.09. The van der Waals surface area contributed by atoms with E-state index < -0.39 is 17.3 Å². The lowest BCUT2D eigenvalue weighted by Gasteiger charge is -2.17. The van der Waals surface area contributed by atoms with Gasteiger partial charge in [-0.1, -0.05) is 6.08 Å². The minimum atomic E-state index is -1.25. The van der Waals surface area contributed by atoms with Crippen LogP contribution in [-0.4, -0.2) is 23.5 Å². The van der Waals surface area contributed by atoms with E-state index in [-0.39, 0.29) is 6.42 Å². The number of hydrogen-bond acceptors (Lipinski definition) is 2. The van der Waals surface area contributed by atoms with E-state index >= 15 is 0 Å². The van der Waals surface area contributed by atoms with Crippen molar-refractivity contribution in [3.8, 4) is 0 Å². The average Bonchev–Trinajstić information content (AvgIpc) is 2.34. The number of amides is 1. The molecule has 1 rings (SSSR count). The van der Waals surface area contributed by atoms with Crippen molar-refractivity contribution in [1.82, 2.24) is 5.32 Å². The Morgan fingerprint density at radius 3 is 2.83 bits per heavy atom. The van der Waals surface area contributed by atoms with Gasteiger partial charge in [0.25, 0.3) is 0 Å². The summed E-state index contributed by atoms with van der Waals surface area (Å²) in [6, 6.07) is 0. The van der Waals surface area contributed by atoms with E-state index in [2.05, 4.69) is 11.9 Å². The van der Waals surface area contributed by atoms with Gasteiger partial charge in [0.15, 0.2) is 5.41 Å². The molecule has 2 N–H and O–H groups in total. The largest absolute Gasteiger partial charge is 0.480 e. The molecular weight excluding hydrogens is 158 g/mol. The maximum absolute atomic E-state index is 11.2. The van der Waals surface area contributed by atoms with E-state index in [4.69, 9.17) is 5.11 Å². The van der Waals surface area contributed by atoms with Crippen molar-refractivity contribution in [2.75, 3.05) is 6.54 Å². The Balaban J connectivity index is 2.92. The predicted molar refractivity (Wildman–Crippen MR) is 42.5 cm³/mol. The quantitative estimate of drug-likeness (QED) is 0.467. The van der Waals surface area contributed by atoms with Crippen LogP contribution in [0.15, 0.2) is 12.7 Å². The van der Waals surface area contributed by atoms with Gasteiger partial charge in [-0.05, 0) is 12.8 Å². The van der Waals surface area contributed by atoms with Gasteiger partial charge in [0.2, 0.25) is 5.91 Å². The molecule has 0 aromatic heterocycles. The van der Waals surface area contributed by atoms with E-state index in [1.807, 2.05) is 0 Å². The zero-order chi connectivity index (χ0) is 9.19. The van der Waals surface area contributed by atoms with Crippen molar-refractivity contribution >= 4 is 11.9 Å². The molecule has 4 heteroatoms. The molecule has 0 radical (unpaired) electrons. The fourth-order valence-electron chi connectivity index (χ4n) is 1.40. The Bertz CT molecular complexity index is 236. The number of carbonyl (C=O) groups is 2. The molecule has 0 aliphatic carbocycles. The highest BCUT2D eigenvalue weighted by atomic mass is 16.4. The van der Waals surface area contributed by atoms with Crippen molar-refractivity contribution in [1.29, 1.82) is 0 Å². The second-order valence-corrected chi connectivity index (χ2v) is 2.89. The second-order valence-electron chi connectivity index (χ2n) is 2.89. The first-order valence-electron chi connectivity index (χ1n) is 3.76. The summed E-state index contributed by atoms with van der Waals surface area (Å²) in [5, 5.41) is 11.4. The van der Waals surface area contributed by atoms with Crippen LogP contribution in [0.1, 0.15) is 12.8 Å². The number of aliphatic carboxylic acids is 1. The first-order chi connectivity index (χ1) is 5.63. The fourth-order valence-corrected chi connectivity index (χ4v) is 1.40. The van der Waals surface area contributed by atoms with Gasteiger partial charge in [-0.3, -0.25) is 9.59 Å². The van der Waals surface area contributed by atoms with Crippen LogP contribution in [-0.2, 0) is 9.59 Å². The minimum absolute atomic E-state index is 0.203. The molecule has 0 saturated carbocycles. The molecular formula is C8H11NO3. The smallest absolute Gasteiger partial charge is 0.319 e. The SMILES string of the molecule is C=CCC1(C(=O)O)CCNC1=O. The van der Waals surface area contributed by atoms with Crippen molar-refractivity contribution in [3.63, 3.8) is 0 Å². The zero-order valence-electron chi connectivity index (χ0n) is 6.67. The predicted octanol–water partition coefficient (Wildman–Crippen LogP) is 0.153. The van der Waals surface area contributed by atoms with Crippen LogP contribution >= 0.6 is 0 Å². The number of nitrogens with one attached hydrogen (secondary N) is 1. The maximum atomic E-state index is 11.2. The number of hydrogen-bond donors (Lipinski definition) is 2. The molecule has 0 spiro atoms. The molecule has 0 aromatic rings. The monoisotopic (exact) mass is 169 g/mol. The Kier molecular flexibility index (Phi) is 2.17. The van der Waals surface area contributed by atoms with Gasteiger partial charge in [-0.25, -0.2) is 0 Å². The minimum Gasteiger partial charge on any atom is -0.480 e. The van der Waals surface area contributed by atoms with Crippen LogP contribution in [0.2, 0.25) is 0 Å². The van der Waals surface area contributed by atoms with Crippen molar-refractivity contribution < 1.29 is 14.7 Å². The number of carboxylic acid groups (broad SMARTS) is 1. The van der Waals surface area contributed by atoms with Crippen LogP contribution in [0.5, 0.6) is 0 Å². The Morgan fingerprint density at radius 1 is 1.83 bits per heavy atom. The second kappa shape index (κ2) is 2.97. The van der Waals surface area contributed by atoms with E-state index in [1.165, 1.54) is 6.08 Å². The summed E-state index contributed by atoms with van der Waals surface area (Å²) in [4.78, 5) is 22.0. The normalized spacial score (nSPS) is 28.2. The summed E-state index contributed by atoms with van der Waals surface area (Å²) in [6.07, 6.45) is 2.03. The number of carbonyl (C=O) groups excluding carboxylic acids is 1. The summed E-state index contributed by atoms with van der Waals surface area (Å²) in [5.41, 5.74) is -1.25. The lowest BCUT2D eigenvalue weighted by atomic mass is 9.83. The molecule has 1 amide bonds. The van der Waals surface area contributed by atoms with E-state index in [0.717, 1.165) is 0 Å². The van der Waals surface area contributed by atoms with Gasteiger partial charge in [-0.15, -0.1) is 6.58 Å². The molecule has 1 aliphatic rings. The molecule has 1 fully saturated rings. The van der Waals surface area contributed by atoms with Gasteiger partial charge < -0.3 is 10.4 Å². The first-order valence-corrected chi connectivity index (χ1v) is 3.76. The van der Waals surface area contributed by atoms with Gasteiger partial charge in [0.05, 0.1) is 0 Å². The van der Waals surface area contributed by atoms with Gasteiger partial charge >= 0.3 is 5.97 Å². The molecule has 66 valence electrons. The number of allylic oxidation sites excluding steroid dienone is 1. The lowest BCUT2D eigenvalue weighted by Crippen LogP contribution is -2.38. The third-order valence-corrected chi connectivity index (χ3v) is 2.17. The van der Waals surface area contributed by atoms with Gasteiger partial charge in [0.1, 0.15) is 0 Å². The van der Waals surface area contributed by atoms with Crippen LogP contribution in [0.25, 0.3) is 0 Å². The summed E-state index contributed by atoms with van der Waals surface area (Å²) in [5.74, 6) is -1.45. The summed E-state index contributed by atoms with van der Waals surface area (Å²) < 4.78 is 0. The standard InChI is InChI=1S/C8H11NO3/c1-2-3-8(7(11)12)4-5-9-6(8)10/h2H,1,3-5H2,(H,9,10)(H,11,12). The fraction of sp³-hybridized carbons (Fsp3) is 0.500. The molecule has 1 atom stereocenters. The van der Waals surface area contributed by atoms with E-state index in [9.17, 15) is 9.59 Å². The van der Waals surface area contributed by atoms with Crippen LogP contribution in [0.3, 0.4) is 0 Å². The summed E-state index contributed by atoms with van der Waals surface area (Å²) in [6.45, 7) is 3.89. The molecule has 1 heterocycles. The molecule has 0 bridgehead atoms. The number of rotatable bonds is 3. The number of carboxylic acids is 1. The molecule has 1 unspecified atom stereocenters. The molecule has 1 aliphatic heterocycles. The highest BCUT2D eigenvalue weighted by Crippen LogP contribution is 2.31. The summed E-state index contributed by atoms with van der Waals surface area (Å²) >= 11 is 0. The first kappa shape index (κ1) is 8.77. The average molecular weight is 169 g/mol. The lowest BCUT2D eigenvalue weighted by molar-refractivity contribution is -0.153. The third-order valence-electron chi connectivity index (χ3n) is 2.17. The highest BCUT2D eigenvalue weighted by molar-refractivity contribution is 6.03. The maximum Gasteiger partial charge on any atom is 0.319 e. The van der Waals surface area contributed by atoms with E-state index in [1.54, 1.807) is 0 Å². The van der Waals surface area contributed by atoms with Crippen LogP contribution < -0.4 is 5.32 Å². The van der Waals surface area contributed by atoms with Crippen LogP contribution in [0, 0.1) is 5.41 Å². The molecule has 1 saturated heterocycles. The van der Waals surface area contributed by atoms with Crippen molar-refractivity contribution in [2.45, 2.75) is 12.8 Å². The Morgan fingerprint density at radius 2 is 2.50 bits per heavy atom. The Hall–Kier alpha value is -1.32. The van der Waals surface area contributed by atoms with Crippen molar-refractivity contribution in [3.05, 3.63) is 12.7 Å². The highest BCUT2D eigenvalue weighted by Gasteiger charge is 2.48.